The molecule has 2 aromatic rings. The summed E-state index contributed by atoms with van der Waals surface area (Å²) in [4.78, 5) is 46.3. The second kappa shape index (κ2) is 16.1. The lowest BCUT2D eigenvalue weighted by atomic mass is 9.85. The Hall–Kier alpha value is -2.90. The molecule has 0 bridgehead atoms. The number of ether oxygens (including phenoxy) is 3. The quantitative estimate of drug-likeness (QED) is 0.263. The minimum atomic E-state index is -0.917. The maximum Gasteiger partial charge on any atom is 0.246 e. The minimum absolute atomic E-state index is 0.0118. The highest BCUT2D eigenvalue weighted by Crippen LogP contribution is 2.28. The third-order valence-corrected chi connectivity index (χ3v) is 7.87. The van der Waals surface area contributed by atoms with Gasteiger partial charge >= 0.3 is 0 Å². The van der Waals surface area contributed by atoms with Gasteiger partial charge in [-0.15, -0.1) is 11.3 Å². The van der Waals surface area contributed by atoms with Crippen molar-refractivity contribution in [2.75, 3.05) is 46.2 Å². The number of aliphatic hydroxyl groups excluding tert-OH is 1. The SMILES string of the molecule is CCOCCOCCOCC(=O)N[C@H](C(=O)N1C[C@H](O)C[C@H]1C(=O)NCc1ccc(-c2scnc2C)cc1)C(C)(C)C. The van der Waals surface area contributed by atoms with Crippen LogP contribution in [0.2, 0.25) is 0 Å². The summed E-state index contributed by atoms with van der Waals surface area (Å²) < 4.78 is 16.0. The number of nitrogens with zero attached hydrogens (tertiary/aromatic N) is 2. The van der Waals surface area contributed by atoms with Crippen LogP contribution in [0.25, 0.3) is 10.4 Å². The molecular weight excluding hydrogens is 560 g/mol. The largest absolute Gasteiger partial charge is 0.391 e. The first-order valence-corrected chi connectivity index (χ1v) is 15.2. The molecule has 0 aliphatic carbocycles. The number of benzene rings is 1. The number of hydrogen-bond donors (Lipinski definition) is 3. The Morgan fingerprint density at radius 2 is 1.76 bits per heavy atom. The lowest BCUT2D eigenvalue weighted by Gasteiger charge is -2.35. The lowest BCUT2D eigenvalue weighted by Crippen LogP contribution is -2.58. The third-order valence-electron chi connectivity index (χ3n) is 6.89. The van der Waals surface area contributed by atoms with Crippen LogP contribution in [0.5, 0.6) is 0 Å². The number of likely N-dealkylation sites (tertiary alicyclic amines) is 1. The maximum absolute atomic E-state index is 13.7. The molecule has 0 radical (unpaired) electrons. The molecule has 1 aliphatic rings. The van der Waals surface area contributed by atoms with E-state index < -0.39 is 35.4 Å². The molecule has 0 unspecified atom stereocenters. The van der Waals surface area contributed by atoms with E-state index in [2.05, 4.69) is 15.6 Å². The van der Waals surface area contributed by atoms with Crippen LogP contribution < -0.4 is 10.6 Å². The molecule has 0 spiro atoms. The van der Waals surface area contributed by atoms with Crippen molar-refractivity contribution in [3.8, 4) is 10.4 Å². The van der Waals surface area contributed by atoms with Gasteiger partial charge in [0.2, 0.25) is 17.7 Å². The molecule has 0 saturated carbocycles. The van der Waals surface area contributed by atoms with Crippen molar-refractivity contribution in [2.45, 2.75) is 65.8 Å². The van der Waals surface area contributed by atoms with Crippen LogP contribution in [0.4, 0.5) is 0 Å². The number of amides is 3. The molecule has 42 heavy (non-hydrogen) atoms. The molecule has 2 heterocycles. The van der Waals surface area contributed by atoms with E-state index in [-0.39, 0.29) is 38.6 Å². The van der Waals surface area contributed by atoms with Crippen LogP contribution >= 0.6 is 11.3 Å². The average molecular weight is 605 g/mol. The van der Waals surface area contributed by atoms with Crippen molar-refractivity contribution in [3.05, 3.63) is 41.0 Å². The number of hydrogen-bond acceptors (Lipinski definition) is 9. The summed E-state index contributed by atoms with van der Waals surface area (Å²) in [5.74, 6) is -1.22. The topological polar surface area (TPSA) is 139 Å². The molecule has 232 valence electrons. The molecule has 1 fully saturated rings. The van der Waals surface area contributed by atoms with E-state index in [4.69, 9.17) is 14.2 Å². The summed E-state index contributed by atoms with van der Waals surface area (Å²) in [7, 11) is 0. The van der Waals surface area contributed by atoms with Gasteiger partial charge in [-0.2, -0.15) is 0 Å². The molecule has 3 amide bonds. The fourth-order valence-electron chi connectivity index (χ4n) is 4.63. The normalized spacial score (nSPS) is 17.7. The van der Waals surface area contributed by atoms with Crippen LogP contribution in [0.3, 0.4) is 0 Å². The number of carbonyl (C=O) groups is 3. The van der Waals surface area contributed by atoms with Crippen molar-refractivity contribution in [1.82, 2.24) is 20.5 Å². The van der Waals surface area contributed by atoms with Crippen molar-refractivity contribution >= 4 is 29.1 Å². The van der Waals surface area contributed by atoms with Crippen LogP contribution in [0.15, 0.2) is 29.8 Å². The fourth-order valence-corrected chi connectivity index (χ4v) is 5.44. The van der Waals surface area contributed by atoms with E-state index in [0.717, 1.165) is 21.7 Å². The Morgan fingerprint density at radius 1 is 1.10 bits per heavy atom. The van der Waals surface area contributed by atoms with Crippen molar-refractivity contribution in [1.29, 1.82) is 0 Å². The smallest absolute Gasteiger partial charge is 0.246 e. The van der Waals surface area contributed by atoms with E-state index in [9.17, 15) is 19.5 Å². The number of aromatic nitrogens is 1. The van der Waals surface area contributed by atoms with Crippen LogP contribution in [0.1, 0.15) is 45.4 Å². The predicted octanol–water partition coefficient (Wildman–Crippen LogP) is 2.30. The Kier molecular flexibility index (Phi) is 12.9. The van der Waals surface area contributed by atoms with Crippen LogP contribution in [-0.4, -0.2) is 97.1 Å². The minimum Gasteiger partial charge on any atom is -0.391 e. The molecule has 1 aromatic carbocycles. The highest BCUT2D eigenvalue weighted by atomic mass is 32.1. The summed E-state index contributed by atoms with van der Waals surface area (Å²) in [5.41, 5.74) is 4.11. The monoisotopic (exact) mass is 604 g/mol. The van der Waals surface area contributed by atoms with Gasteiger partial charge in [0.05, 0.1) is 48.6 Å². The van der Waals surface area contributed by atoms with Gasteiger partial charge in [-0.25, -0.2) is 4.98 Å². The van der Waals surface area contributed by atoms with E-state index in [1.807, 2.05) is 64.4 Å². The van der Waals surface area contributed by atoms with Crippen molar-refractivity contribution in [3.63, 3.8) is 0 Å². The van der Waals surface area contributed by atoms with E-state index in [1.54, 1.807) is 11.3 Å². The fraction of sp³-hybridized carbons (Fsp3) is 0.600. The Bertz CT molecular complexity index is 1170. The number of thiazole rings is 1. The third kappa shape index (κ3) is 9.84. The van der Waals surface area contributed by atoms with Gasteiger partial charge in [-0.05, 0) is 30.4 Å². The first-order valence-electron chi connectivity index (χ1n) is 14.3. The zero-order valence-corrected chi connectivity index (χ0v) is 26.0. The van der Waals surface area contributed by atoms with Crippen molar-refractivity contribution in [2.24, 2.45) is 5.41 Å². The summed E-state index contributed by atoms with van der Waals surface area (Å²) in [6.45, 7) is 11.5. The summed E-state index contributed by atoms with van der Waals surface area (Å²) in [6.07, 6.45) is -0.715. The number of carbonyl (C=O) groups excluding carboxylic acids is 3. The number of aliphatic hydroxyl groups is 1. The Balaban J connectivity index is 1.54. The Morgan fingerprint density at radius 3 is 2.38 bits per heavy atom. The molecule has 1 aromatic heterocycles. The number of nitrogens with one attached hydrogen (secondary N) is 2. The highest BCUT2D eigenvalue weighted by Gasteiger charge is 2.44. The van der Waals surface area contributed by atoms with Gasteiger partial charge in [-0.3, -0.25) is 14.4 Å². The molecule has 3 N–H and O–H groups in total. The zero-order valence-electron chi connectivity index (χ0n) is 25.2. The van der Waals surface area contributed by atoms with E-state index in [1.165, 1.54) is 4.90 Å². The van der Waals surface area contributed by atoms with E-state index >= 15 is 0 Å². The number of aryl methyl sites for hydroxylation is 1. The molecular formula is C30H44N4O7S. The molecule has 1 aliphatic heterocycles. The highest BCUT2D eigenvalue weighted by molar-refractivity contribution is 7.13. The summed E-state index contributed by atoms with van der Waals surface area (Å²) >= 11 is 1.58. The number of β-amino-alcohol motifs (C(OH)–C–C–N with tert-alkyl or cyclic N) is 1. The lowest BCUT2D eigenvalue weighted by molar-refractivity contribution is -0.144. The van der Waals surface area contributed by atoms with Gasteiger partial charge in [0.1, 0.15) is 18.7 Å². The standard InChI is InChI=1S/C30H44N4O7S/c1-6-39-11-12-40-13-14-41-18-25(36)33-27(30(3,4)5)29(38)34-17-23(35)15-24(34)28(37)31-16-21-7-9-22(10-8-21)26-20(2)32-19-42-26/h7-10,19,23-24,27,35H,6,11-18H2,1-5H3,(H,31,37)(H,33,36)/t23-,24+,27-/m1/s1. The van der Waals surface area contributed by atoms with Gasteiger partial charge in [0.15, 0.2) is 0 Å². The first kappa shape index (κ1) is 33.6. The molecule has 11 nitrogen and oxygen atoms in total. The van der Waals surface area contributed by atoms with Gasteiger partial charge in [0.25, 0.3) is 0 Å². The van der Waals surface area contributed by atoms with E-state index in [0.29, 0.717) is 26.4 Å². The molecule has 1 saturated heterocycles. The molecule has 12 heteroatoms. The average Bonchev–Trinajstić information content (AvgIpc) is 3.56. The van der Waals surface area contributed by atoms with Gasteiger partial charge < -0.3 is 34.9 Å². The van der Waals surface area contributed by atoms with Gasteiger partial charge in [-0.1, -0.05) is 45.0 Å². The first-order chi connectivity index (χ1) is 20.0. The summed E-state index contributed by atoms with van der Waals surface area (Å²) in [6, 6.07) is 6.11. The summed E-state index contributed by atoms with van der Waals surface area (Å²) in [5, 5.41) is 16.1. The number of rotatable bonds is 15. The molecule has 3 rings (SSSR count). The molecule has 3 atom stereocenters. The Labute approximate surface area is 251 Å². The van der Waals surface area contributed by atoms with Gasteiger partial charge in [0, 0.05) is 26.1 Å². The second-order valence-corrected chi connectivity index (χ2v) is 12.2. The maximum atomic E-state index is 13.7. The predicted molar refractivity (Wildman–Crippen MR) is 160 cm³/mol. The second-order valence-electron chi connectivity index (χ2n) is 11.3. The van der Waals surface area contributed by atoms with Crippen LogP contribution in [0, 0.1) is 12.3 Å². The van der Waals surface area contributed by atoms with Crippen LogP contribution in [-0.2, 0) is 35.1 Å². The zero-order chi connectivity index (χ0) is 30.7. The van der Waals surface area contributed by atoms with Crippen molar-refractivity contribution < 1.29 is 33.7 Å².